The van der Waals surface area contributed by atoms with Crippen LogP contribution < -0.4 is 10.6 Å². The molecule has 0 spiro atoms. The number of carbonyl (C=O) groups is 4. The van der Waals surface area contributed by atoms with Gasteiger partial charge in [-0.3, -0.25) is 14.4 Å². The molecule has 10 heteroatoms. The third kappa shape index (κ3) is 7.47. The average molecular weight is 579 g/mol. The maximum Gasteiger partial charge on any atom is 0.410 e. The fraction of sp³-hybridized carbons (Fsp3) is 0.500. The predicted molar refractivity (Wildman–Crippen MR) is 157 cm³/mol. The van der Waals surface area contributed by atoms with Gasteiger partial charge in [-0.1, -0.05) is 60.7 Å². The van der Waals surface area contributed by atoms with Crippen molar-refractivity contribution in [2.24, 2.45) is 5.92 Å². The zero-order valence-electron chi connectivity index (χ0n) is 24.8. The molecule has 2 aromatic rings. The standard InChI is InChI=1S/C32H42N4O6/c1-32(2,3)42-31(41)35(4)19-26(38)33-28-23(20-37)15-16-24-17-18-25(36(24)30(28)40)29(39)34-27(21-11-7-5-8-12-21)22-13-9-6-10-14-22/h5-14,23-25,27-28,37H,15-20H2,1-4H3,(H,33,38)(H,34,39)/t23-,24+,25+,28+/m1/s1. The summed E-state index contributed by atoms with van der Waals surface area (Å²) in [7, 11) is 1.44. The Balaban J connectivity index is 1.51. The first-order valence-corrected chi connectivity index (χ1v) is 14.5. The van der Waals surface area contributed by atoms with E-state index in [0.29, 0.717) is 25.7 Å². The summed E-state index contributed by atoms with van der Waals surface area (Å²) in [4.78, 5) is 55.9. The Morgan fingerprint density at radius 3 is 2.10 bits per heavy atom. The van der Waals surface area contributed by atoms with Gasteiger partial charge in [-0.15, -0.1) is 0 Å². The maximum absolute atomic E-state index is 14.0. The van der Waals surface area contributed by atoms with Crippen molar-refractivity contribution < 1.29 is 29.0 Å². The molecule has 42 heavy (non-hydrogen) atoms. The quantitative estimate of drug-likeness (QED) is 0.442. The molecule has 0 radical (unpaired) electrons. The predicted octanol–water partition coefficient (Wildman–Crippen LogP) is 3.01. The van der Waals surface area contributed by atoms with Crippen LogP contribution in [0.1, 0.15) is 63.6 Å². The third-order valence-corrected chi connectivity index (χ3v) is 7.86. The maximum atomic E-state index is 14.0. The summed E-state index contributed by atoms with van der Waals surface area (Å²) < 4.78 is 5.31. The second kappa shape index (κ2) is 13.4. The molecule has 226 valence electrons. The summed E-state index contributed by atoms with van der Waals surface area (Å²) in [6.45, 7) is 4.58. The van der Waals surface area contributed by atoms with Crippen LogP contribution in [0.25, 0.3) is 0 Å². The number of carbonyl (C=O) groups excluding carboxylic acids is 4. The molecule has 2 fully saturated rings. The molecule has 10 nitrogen and oxygen atoms in total. The van der Waals surface area contributed by atoms with E-state index in [4.69, 9.17) is 4.74 Å². The average Bonchev–Trinajstić information content (AvgIpc) is 3.34. The van der Waals surface area contributed by atoms with E-state index in [0.717, 1.165) is 16.0 Å². The highest BCUT2D eigenvalue weighted by atomic mass is 16.6. The van der Waals surface area contributed by atoms with E-state index in [-0.39, 0.29) is 25.1 Å². The van der Waals surface area contributed by atoms with Gasteiger partial charge in [-0.25, -0.2) is 4.79 Å². The second-order valence-electron chi connectivity index (χ2n) is 12.2. The fourth-order valence-corrected chi connectivity index (χ4v) is 5.80. The minimum absolute atomic E-state index is 0.166. The largest absolute Gasteiger partial charge is 0.444 e. The van der Waals surface area contributed by atoms with Gasteiger partial charge in [0, 0.05) is 25.6 Å². The number of hydrogen-bond acceptors (Lipinski definition) is 6. The Bertz CT molecular complexity index is 1210. The lowest BCUT2D eigenvalue weighted by molar-refractivity contribution is -0.144. The van der Waals surface area contributed by atoms with E-state index in [1.165, 1.54) is 7.05 Å². The van der Waals surface area contributed by atoms with Gasteiger partial charge in [0.05, 0.1) is 6.04 Å². The van der Waals surface area contributed by atoms with Gasteiger partial charge in [-0.2, -0.15) is 0 Å². The van der Waals surface area contributed by atoms with Crippen molar-refractivity contribution in [1.29, 1.82) is 0 Å². The van der Waals surface area contributed by atoms with Crippen LogP contribution in [0.4, 0.5) is 4.79 Å². The van der Waals surface area contributed by atoms with Gasteiger partial charge >= 0.3 is 6.09 Å². The van der Waals surface area contributed by atoms with Gasteiger partial charge in [0.15, 0.2) is 0 Å². The molecule has 4 rings (SSSR count). The highest BCUT2D eigenvalue weighted by Gasteiger charge is 2.47. The Kier molecular flexibility index (Phi) is 9.88. The Hall–Kier alpha value is -3.92. The van der Waals surface area contributed by atoms with E-state index < -0.39 is 47.6 Å². The van der Waals surface area contributed by atoms with Crippen LogP contribution >= 0.6 is 0 Å². The smallest absolute Gasteiger partial charge is 0.410 e. The van der Waals surface area contributed by atoms with Crippen LogP contribution in [0.3, 0.4) is 0 Å². The Morgan fingerprint density at radius 2 is 1.55 bits per heavy atom. The van der Waals surface area contributed by atoms with Gasteiger partial charge in [0.1, 0.15) is 24.2 Å². The van der Waals surface area contributed by atoms with Crippen LogP contribution in [0.5, 0.6) is 0 Å². The van der Waals surface area contributed by atoms with Crippen molar-refractivity contribution in [3.05, 3.63) is 71.8 Å². The first-order valence-electron chi connectivity index (χ1n) is 14.5. The number of nitrogens with one attached hydrogen (secondary N) is 2. The Labute approximate surface area is 247 Å². The molecule has 2 aliphatic heterocycles. The lowest BCUT2D eigenvalue weighted by atomic mass is 9.94. The molecule has 3 N–H and O–H groups in total. The fourth-order valence-electron chi connectivity index (χ4n) is 5.80. The number of benzene rings is 2. The van der Waals surface area contributed by atoms with Crippen molar-refractivity contribution >= 4 is 23.8 Å². The van der Waals surface area contributed by atoms with Crippen LogP contribution in [-0.4, -0.2) is 82.6 Å². The van der Waals surface area contributed by atoms with E-state index in [1.54, 1.807) is 25.7 Å². The molecule has 4 atom stereocenters. The van der Waals surface area contributed by atoms with Crippen LogP contribution in [0, 0.1) is 5.92 Å². The van der Waals surface area contributed by atoms with E-state index in [2.05, 4.69) is 10.6 Å². The second-order valence-corrected chi connectivity index (χ2v) is 12.2. The summed E-state index contributed by atoms with van der Waals surface area (Å²) in [5.74, 6) is -1.71. The minimum atomic E-state index is -1.02. The van der Waals surface area contributed by atoms with Crippen molar-refractivity contribution in [1.82, 2.24) is 20.4 Å². The molecule has 0 aromatic heterocycles. The lowest BCUT2D eigenvalue weighted by Crippen LogP contribution is -2.57. The number of aliphatic hydroxyl groups excluding tert-OH is 1. The van der Waals surface area contributed by atoms with Crippen LogP contribution in [-0.2, 0) is 19.1 Å². The Morgan fingerprint density at radius 1 is 0.976 bits per heavy atom. The van der Waals surface area contributed by atoms with Gasteiger partial charge in [-0.05, 0) is 57.6 Å². The van der Waals surface area contributed by atoms with E-state index >= 15 is 0 Å². The molecule has 0 aliphatic carbocycles. The SMILES string of the molecule is CN(CC(=O)N[C@@H]1C(=O)N2[C@@H](CC[C@@H]1CO)CC[C@H]2C(=O)NC(c1ccccc1)c1ccccc1)C(=O)OC(C)(C)C. The first-order chi connectivity index (χ1) is 20.0. The molecular weight excluding hydrogens is 536 g/mol. The van der Waals surface area contributed by atoms with Gasteiger partial charge in [0.25, 0.3) is 0 Å². The molecular formula is C32H42N4O6. The van der Waals surface area contributed by atoms with Gasteiger partial charge in [0.2, 0.25) is 17.7 Å². The first kappa shape index (κ1) is 31.0. The summed E-state index contributed by atoms with van der Waals surface area (Å²) in [5.41, 5.74) is 1.13. The van der Waals surface area contributed by atoms with Crippen LogP contribution in [0.15, 0.2) is 60.7 Å². The number of nitrogens with zero attached hydrogens (tertiary/aromatic N) is 2. The minimum Gasteiger partial charge on any atom is -0.444 e. The number of amides is 4. The van der Waals surface area contributed by atoms with Crippen molar-refractivity contribution in [2.75, 3.05) is 20.2 Å². The zero-order valence-corrected chi connectivity index (χ0v) is 24.8. The number of fused-ring (bicyclic) bond motifs is 1. The summed E-state index contributed by atoms with van der Waals surface area (Å²) >= 11 is 0. The summed E-state index contributed by atoms with van der Waals surface area (Å²) in [5, 5.41) is 16.1. The molecule has 0 bridgehead atoms. The molecule has 2 heterocycles. The number of likely N-dealkylation sites (N-methyl/N-ethyl adjacent to an activating group) is 1. The molecule has 4 amide bonds. The van der Waals surface area contributed by atoms with Crippen molar-refractivity contribution in [3.8, 4) is 0 Å². The molecule has 0 unspecified atom stereocenters. The van der Waals surface area contributed by atoms with Crippen LogP contribution in [0.2, 0.25) is 0 Å². The molecule has 0 saturated carbocycles. The highest BCUT2D eigenvalue weighted by Crippen LogP contribution is 2.34. The number of hydrogen-bond donors (Lipinski definition) is 3. The molecule has 2 saturated heterocycles. The summed E-state index contributed by atoms with van der Waals surface area (Å²) in [6.07, 6.45) is 1.63. The monoisotopic (exact) mass is 578 g/mol. The van der Waals surface area contributed by atoms with Gasteiger partial charge < -0.3 is 30.3 Å². The molecule has 2 aliphatic rings. The van der Waals surface area contributed by atoms with Crippen molar-refractivity contribution in [2.45, 2.75) is 76.2 Å². The summed E-state index contributed by atoms with van der Waals surface area (Å²) in [6, 6.07) is 17.1. The lowest BCUT2D eigenvalue weighted by Gasteiger charge is -2.33. The normalized spacial score (nSPS) is 22.2. The topological polar surface area (TPSA) is 128 Å². The molecule has 2 aromatic carbocycles. The number of rotatable bonds is 8. The highest BCUT2D eigenvalue weighted by molar-refractivity contribution is 5.94. The zero-order chi connectivity index (χ0) is 30.4. The van der Waals surface area contributed by atoms with E-state index in [9.17, 15) is 24.3 Å². The van der Waals surface area contributed by atoms with E-state index in [1.807, 2.05) is 60.7 Å². The number of ether oxygens (including phenoxy) is 1. The number of aliphatic hydroxyl groups is 1. The van der Waals surface area contributed by atoms with Crippen molar-refractivity contribution in [3.63, 3.8) is 0 Å². The third-order valence-electron chi connectivity index (χ3n) is 7.86.